The summed E-state index contributed by atoms with van der Waals surface area (Å²) in [5.41, 5.74) is 2.53. The minimum atomic E-state index is 1.21. The van der Waals surface area contributed by atoms with Gasteiger partial charge >= 0.3 is 0 Å². The van der Waals surface area contributed by atoms with Gasteiger partial charge in [-0.2, -0.15) is 0 Å². The minimum absolute atomic E-state index is 1.21. The fourth-order valence-electron chi connectivity index (χ4n) is 1.65. The van der Waals surface area contributed by atoms with Gasteiger partial charge in [-0.1, -0.05) is 49.1 Å². The Labute approximate surface area is 78.5 Å². The molecule has 0 radical (unpaired) electrons. The van der Waals surface area contributed by atoms with Crippen molar-refractivity contribution in [3.05, 3.63) is 54.1 Å². The SMILES string of the molecule is C=Cc1ccc(C)c2ccccc12. The third-order valence-corrected chi connectivity index (χ3v) is 2.40. The van der Waals surface area contributed by atoms with Gasteiger partial charge in [-0.05, 0) is 28.8 Å². The van der Waals surface area contributed by atoms with Crippen molar-refractivity contribution in [3.8, 4) is 0 Å². The van der Waals surface area contributed by atoms with E-state index in [-0.39, 0.29) is 0 Å². The Kier molecular flexibility index (Phi) is 1.90. The highest BCUT2D eigenvalue weighted by atomic mass is 14.0. The average molecular weight is 168 g/mol. The molecule has 0 aliphatic rings. The molecule has 0 atom stereocenters. The molecule has 0 bridgehead atoms. The van der Waals surface area contributed by atoms with Crippen LogP contribution in [-0.2, 0) is 0 Å². The molecule has 2 rings (SSSR count). The van der Waals surface area contributed by atoms with Gasteiger partial charge in [0.1, 0.15) is 0 Å². The Balaban J connectivity index is 2.92. The number of benzene rings is 2. The molecule has 0 aliphatic carbocycles. The number of fused-ring (bicyclic) bond motifs is 1. The Hall–Kier alpha value is -1.56. The lowest BCUT2D eigenvalue weighted by Gasteiger charge is -2.04. The lowest BCUT2D eigenvalue weighted by atomic mass is 10.0. The predicted molar refractivity (Wildman–Crippen MR) is 58.8 cm³/mol. The molecule has 0 saturated carbocycles. The van der Waals surface area contributed by atoms with Crippen molar-refractivity contribution in [2.75, 3.05) is 0 Å². The van der Waals surface area contributed by atoms with Gasteiger partial charge in [0, 0.05) is 0 Å². The summed E-state index contributed by atoms with van der Waals surface area (Å²) in [5.74, 6) is 0. The first-order valence-electron chi connectivity index (χ1n) is 4.43. The Bertz CT molecular complexity index is 453. The van der Waals surface area contributed by atoms with Crippen LogP contribution in [-0.4, -0.2) is 0 Å². The zero-order chi connectivity index (χ0) is 9.26. The van der Waals surface area contributed by atoms with E-state index < -0.39 is 0 Å². The fraction of sp³-hybridized carbons (Fsp3) is 0.0769. The van der Waals surface area contributed by atoms with Crippen LogP contribution in [0.2, 0.25) is 0 Å². The van der Waals surface area contributed by atoms with Crippen LogP contribution in [0, 0.1) is 6.92 Å². The molecule has 0 aliphatic heterocycles. The van der Waals surface area contributed by atoms with Crippen LogP contribution in [0.1, 0.15) is 11.1 Å². The minimum Gasteiger partial charge on any atom is -0.0984 e. The van der Waals surface area contributed by atoms with Gasteiger partial charge in [-0.15, -0.1) is 0 Å². The van der Waals surface area contributed by atoms with Crippen molar-refractivity contribution in [2.45, 2.75) is 6.92 Å². The zero-order valence-corrected chi connectivity index (χ0v) is 7.75. The van der Waals surface area contributed by atoms with E-state index in [4.69, 9.17) is 0 Å². The largest absolute Gasteiger partial charge is 0.0984 e. The molecule has 64 valence electrons. The van der Waals surface area contributed by atoms with E-state index >= 15 is 0 Å². The van der Waals surface area contributed by atoms with Gasteiger partial charge < -0.3 is 0 Å². The van der Waals surface area contributed by atoms with E-state index in [9.17, 15) is 0 Å². The Morgan fingerprint density at radius 2 is 1.69 bits per heavy atom. The molecular weight excluding hydrogens is 156 g/mol. The van der Waals surface area contributed by atoms with Crippen LogP contribution in [0.15, 0.2) is 43.0 Å². The highest BCUT2D eigenvalue weighted by Crippen LogP contribution is 2.22. The standard InChI is InChI=1S/C13H12/c1-3-11-9-8-10(2)12-6-4-5-7-13(11)12/h3-9H,1H2,2H3. The molecule has 0 heteroatoms. The van der Waals surface area contributed by atoms with Crippen molar-refractivity contribution < 1.29 is 0 Å². The molecule has 0 spiro atoms. The molecule has 0 fully saturated rings. The Morgan fingerprint density at radius 3 is 2.38 bits per heavy atom. The maximum absolute atomic E-state index is 3.81. The van der Waals surface area contributed by atoms with Gasteiger partial charge in [0.25, 0.3) is 0 Å². The first kappa shape index (κ1) is 8.06. The van der Waals surface area contributed by atoms with Gasteiger partial charge in [0.2, 0.25) is 0 Å². The second-order valence-corrected chi connectivity index (χ2v) is 3.22. The van der Waals surface area contributed by atoms with E-state index in [0.29, 0.717) is 0 Å². The van der Waals surface area contributed by atoms with Crippen LogP contribution in [0.3, 0.4) is 0 Å². The van der Waals surface area contributed by atoms with E-state index in [2.05, 4.69) is 49.9 Å². The fourth-order valence-corrected chi connectivity index (χ4v) is 1.65. The molecule has 13 heavy (non-hydrogen) atoms. The van der Waals surface area contributed by atoms with Crippen LogP contribution < -0.4 is 0 Å². The van der Waals surface area contributed by atoms with Gasteiger partial charge in [0.15, 0.2) is 0 Å². The molecule has 0 unspecified atom stereocenters. The molecule has 0 aromatic heterocycles. The van der Waals surface area contributed by atoms with Crippen LogP contribution >= 0.6 is 0 Å². The molecule has 0 heterocycles. The average Bonchev–Trinajstić information content (AvgIpc) is 2.19. The Morgan fingerprint density at radius 1 is 1.00 bits per heavy atom. The van der Waals surface area contributed by atoms with Crippen molar-refractivity contribution >= 4 is 16.8 Å². The highest BCUT2D eigenvalue weighted by Gasteiger charge is 1.98. The summed E-state index contributed by atoms with van der Waals surface area (Å²) < 4.78 is 0. The first-order valence-corrected chi connectivity index (χ1v) is 4.43. The number of aryl methyl sites for hydroxylation is 1. The smallest absolute Gasteiger partial charge is 0.0109 e. The molecule has 2 aromatic carbocycles. The number of hydrogen-bond acceptors (Lipinski definition) is 0. The van der Waals surface area contributed by atoms with Gasteiger partial charge in [-0.3, -0.25) is 0 Å². The highest BCUT2D eigenvalue weighted by molar-refractivity contribution is 5.92. The van der Waals surface area contributed by atoms with Crippen molar-refractivity contribution in [1.82, 2.24) is 0 Å². The third kappa shape index (κ3) is 1.25. The van der Waals surface area contributed by atoms with Gasteiger partial charge in [-0.25, -0.2) is 0 Å². The van der Waals surface area contributed by atoms with E-state index in [1.54, 1.807) is 0 Å². The summed E-state index contributed by atoms with van der Waals surface area (Å²) in [7, 11) is 0. The van der Waals surface area contributed by atoms with Gasteiger partial charge in [0.05, 0.1) is 0 Å². The molecule has 0 saturated heterocycles. The summed E-state index contributed by atoms with van der Waals surface area (Å²) in [6.45, 7) is 5.94. The maximum atomic E-state index is 3.81. The molecule has 0 amide bonds. The van der Waals surface area contributed by atoms with Crippen molar-refractivity contribution in [3.63, 3.8) is 0 Å². The molecule has 0 nitrogen and oxygen atoms in total. The monoisotopic (exact) mass is 168 g/mol. The van der Waals surface area contributed by atoms with Crippen LogP contribution in [0.25, 0.3) is 16.8 Å². The summed E-state index contributed by atoms with van der Waals surface area (Å²) in [4.78, 5) is 0. The maximum Gasteiger partial charge on any atom is -0.0109 e. The van der Waals surface area contributed by atoms with E-state index in [0.717, 1.165) is 0 Å². The summed E-state index contributed by atoms with van der Waals surface area (Å²) in [6.07, 6.45) is 1.90. The lowest BCUT2D eigenvalue weighted by molar-refractivity contribution is 1.52. The summed E-state index contributed by atoms with van der Waals surface area (Å²) in [6, 6.07) is 12.7. The number of hydrogen-bond donors (Lipinski definition) is 0. The third-order valence-electron chi connectivity index (χ3n) is 2.40. The van der Waals surface area contributed by atoms with Crippen molar-refractivity contribution in [2.24, 2.45) is 0 Å². The molecule has 2 aromatic rings. The van der Waals surface area contributed by atoms with E-state index in [1.165, 1.54) is 21.9 Å². The molecular formula is C13H12. The predicted octanol–water partition coefficient (Wildman–Crippen LogP) is 3.79. The van der Waals surface area contributed by atoms with Crippen molar-refractivity contribution in [1.29, 1.82) is 0 Å². The second-order valence-electron chi connectivity index (χ2n) is 3.22. The summed E-state index contributed by atoms with van der Waals surface area (Å²) in [5, 5.41) is 2.61. The second kappa shape index (κ2) is 3.06. The normalized spacial score (nSPS) is 10.2. The van der Waals surface area contributed by atoms with Crippen LogP contribution in [0.4, 0.5) is 0 Å². The topological polar surface area (TPSA) is 0 Å². The quantitative estimate of drug-likeness (QED) is 0.607. The first-order chi connectivity index (χ1) is 6.33. The summed E-state index contributed by atoms with van der Waals surface area (Å²) >= 11 is 0. The van der Waals surface area contributed by atoms with Crippen LogP contribution in [0.5, 0.6) is 0 Å². The lowest BCUT2D eigenvalue weighted by Crippen LogP contribution is -1.81. The zero-order valence-electron chi connectivity index (χ0n) is 7.75. The number of rotatable bonds is 1. The molecule has 0 N–H and O–H groups in total. The van der Waals surface area contributed by atoms with E-state index in [1.807, 2.05) is 6.08 Å².